The molecule has 0 bridgehead atoms. The molecule has 0 amide bonds. The van der Waals surface area contributed by atoms with Gasteiger partial charge in [0.15, 0.2) is 10.9 Å². The zero-order valence-corrected chi connectivity index (χ0v) is 14.9. The van der Waals surface area contributed by atoms with Crippen molar-refractivity contribution >= 4 is 28.4 Å². The van der Waals surface area contributed by atoms with Crippen LogP contribution >= 0.6 is 11.8 Å². The minimum Gasteiger partial charge on any atom is -0.358 e. The summed E-state index contributed by atoms with van der Waals surface area (Å²) in [6.45, 7) is 5.89. The number of hydrogen-bond donors (Lipinski definition) is 1. The van der Waals surface area contributed by atoms with E-state index in [0.29, 0.717) is 6.04 Å². The summed E-state index contributed by atoms with van der Waals surface area (Å²) in [5.41, 5.74) is 2.72. The number of ketones is 1. The quantitative estimate of drug-likeness (QED) is 0.561. The van der Waals surface area contributed by atoms with E-state index in [4.69, 9.17) is 0 Å². The van der Waals surface area contributed by atoms with Crippen LogP contribution in [0.5, 0.6) is 0 Å². The summed E-state index contributed by atoms with van der Waals surface area (Å²) < 4.78 is 2.18. The number of carbonyl (C=O) groups is 1. The second-order valence-electron chi connectivity index (χ2n) is 6.43. The van der Waals surface area contributed by atoms with E-state index < -0.39 is 0 Å². The third-order valence-electron chi connectivity index (χ3n) is 4.54. The first-order valence-electron chi connectivity index (χ1n) is 8.26. The number of benzene rings is 1. The Bertz CT molecular complexity index is 922. The van der Waals surface area contributed by atoms with Crippen molar-refractivity contribution in [1.29, 1.82) is 0 Å². The fraction of sp³-hybridized carbons (Fsp3) is 0.389. The molecule has 5 nitrogen and oxygen atoms in total. The molecule has 0 aliphatic heterocycles. The van der Waals surface area contributed by atoms with Gasteiger partial charge >= 0.3 is 0 Å². The van der Waals surface area contributed by atoms with Gasteiger partial charge in [-0.15, -0.1) is 10.2 Å². The number of para-hydroxylation sites is 1. The molecule has 1 atom stereocenters. The van der Waals surface area contributed by atoms with Crippen LogP contribution in [0, 0.1) is 13.8 Å². The van der Waals surface area contributed by atoms with Crippen LogP contribution in [-0.2, 0) is 0 Å². The number of fused-ring (bicyclic) bond motifs is 1. The van der Waals surface area contributed by atoms with Gasteiger partial charge in [-0.1, -0.05) is 30.0 Å². The van der Waals surface area contributed by atoms with E-state index >= 15 is 0 Å². The number of carbonyl (C=O) groups excluding carboxylic acids is 1. The van der Waals surface area contributed by atoms with Gasteiger partial charge in [0, 0.05) is 28.2 Å². The lowest BCUT2D eigenvalue weighted by Crippen LogP contribution is -2.15. The van der Waals surface area contributed by atoms with Gasteiger partial charge in [-0.2, -0.15) is 0 Å². The Kier molecular flexibility index (Phi) is 3.72. The Morgan fingerprint density at radius 3 is 2.79 bits per heavy atom. The number of Topliss-reactive ketones (excluding diaryl/α,β-unsaturated/α-hetero) is 1. The van der Waals surface area contributed by atoms with Crippen molar-refractivity contribution in [2.45, 2.75) is 50.1 Å². The normalized spacial score (nSPS) is 15.8. The summed E-state index contributed by atoms with van der Waals surface area (Å²) in [6, 6.07) is 8.47. The van der Waals surface area contributed by atoms with E-state index in [1.54, 1.807) is 0 Å². The fourth-order valence-electron chi connectivity index (χ4n) is 3.19. The standard InChI is InChI=1S/C18H20N4OS/c1-10-16(14-6-4-5-7-15(14)19-10)17(23)11(2)24-18-21-20-12(3)22(18)13-8-9-13/h4-7,11,13,19H,8-9H2,1-3H3/t11-/m0/s1. The highest BCUT2D eigenvalue weighted by Crippen LogP contribution is 2.39. The van der Waals surface area contributed by atoms with Crippen molar-refractivity contribution in [3.8, 4) is 0 Å². The van der Waals surface area contributed by atoms with E-state index in [0.717, 1.165) is 33.1 Å². The molecular formula is C18H20N4OS. The number of H-pyrrole nitrogens is 1. The number of thioether (sulfide) groups is 1. The molecular weight excluding hydrogens is 320 g/mol. The lowest BCUT2D eigenvalue weighted by atomic mass is 10.1. The van der Waals surface area contributed by atoms with Gasteiger partial charge < -0.3 is 9.55 Å². The molecule has 24 heavy (non-hydrogen) atoms. The zero-order valence-electron chi connectivity index (χ0n) is 14.0. The fourth-order valence-corrected chi connectivity index (χ4v) is 4.22. The van der Waals surface area contributed by atoms with Crippen molar-refractivity contribution in [3.63, 3.8) is 0 Å². The summed E-state index contributed by atoms with van der Waals surface area (Å²) in [4.78, 5) is 16.4. The molecule has 1 aliphatic carbocycles. The third-order valence-corrected chi connectivity index (χ3v) is 5.60. The highest BCUT2D eigenvalue weighted by molar-refractivity contribution is 8.00. The van der Waals surface area contributed by atoms with Crippen molar-refractivity contribution < 1.29 is 4.79 Å². The summed E-state index contributed by atoms with van der Waals surface area (Å²) >= 11 is 1.51. The predicted octanol–water partition coefficient (Wildman–Crippen LogP) is 4.07. The van der Waals surface area contributed by atoms with Crippen LogP contribution in [0.25, 0.3) is 10.9 Å². The van der Waals surface area contributed by atoms with E-state index in [2.05, 4.69) is 19.7 Å². The third kappa shape index (κ3) is 2.55. The van der Waals surface area contributed by atoms with E-state index in [1.165, 1.54) is 24.6 Å². The van der Waals surface area contributed by atoms with Crippen LogP contribution in [0.15, 0.2) is 29.4 Å². The van der Waals surface area contributed by atoms with E-state index in [9.17, 15) is 4.79 Å². The Balaban J connectivity index is 1.63. The van der Waals surface area contributed by atoms with Gasteiger partial charge in [-0.25, -0.2) is 0 Å². The van der Waals surface area contributed by atoms with Crippen molar-refractivity contribution in [1.82, 2.24) is 19.7 Å². The molecule has 0 spiro atoms. The number of aryl methyl sites for hydroxylation is 2. The average Bonchev–Trinajstić information content (AvgIpc) is 3.24. The van der Waals surface area contributed by atoms with Crippen LogP contribution in [0.1, 0.15) is 47.7 Å². The maximum atomic E-state index is 13.1. The van der Waals surface area contributed by atoms with E-state index in [-0.39, 0.29) is 11.0 Å². The predicted molar refractivity (Wildman–Crippen MR) is 95.7 cm³/mol. The molecule has 0 radical (unpaired) electrons. The first kappa shape index (κ1) is 15.4. The van der Waals surface area contributed by atoms with Crippen LogP contribution in [-0.4, -0.2) is 30.8 Å². The maximum absolute atomic E-state index is 13.1. The number of nitrogens with zero attached hydrogens (tertiary/aromatic N) is 3. The molecule has 3 aromatic rings. The molecule has 0 saturated heterocycles. The van der Waals surface area contributed by atoms with E-state index in [1.807, 2.05) is 45.0 Å². The summed E-state index contributed by atoms with van der Waals surface area (Å²) in [5, 5.41) is 10.1. The Labute approximate surface area is 144 Å². The molecule has 6 heteroatoms. The summed E-state index contributed by atoms with van der Waals surface area (Å²) in [7, 11) is 0. The first-order chi connectivity index (χ1) is 11.6. The van der Waals surface area contributed by atoms with Crippen LogP contribution in [0.4, 0.5) is 0 Å². The molecule has 1 aliphatic rings. The molecule has 1 N–H and O–H groups in total. The lowest BCUT2D eigenvalue weighted by molar-refractivity contribution is 0.0995. The lowest BCUT2D eigenvalue weighted by Gasteiger charge is -2.12. The molecule has 2 heterocycles. The SMILES string of the molecule is Cc1[nH]c2ccccc2c1C(=O)[C@H](C)Sc1nnc(C)n1C1CC1. The van der Waals surface area contributed by atoms with Crippen LogP contribution in [0.3, 0.4) is 0 Å². The Hall–Kier alpha value is -2.08. The average molecular weight is 340 g/mol. The van der Waals surface area contributed by atoms with Gasteiger partial charge in [-0.3, -0.25) is 4.79 Å². The highest BCUT2D eigenvalue weighted by Gasteiger charge is 2.30. The van der Waals surface area contributed by atoms with Gasteiger partial charge in [0.05, 0.1) is 5.25 Å². The van der Waals surface area contributed by atoms with Gasteiger partial charge in [0.2, 0.25) is 0 Å². The largest absolute Gasteiger partial charge is 0.358 e. The second kappa shape index (κ2) is 5.77. The second-order valence-corrected chi connectivity index (χ2v) is 7.73. The maximum Gasteiger partial charge on any atom is 0.192 e. The topological polar surface area (TPSA) is 63.6 Å². The van der Waals surface area contributed by atoms with Crippen LogP contribution < -0.4 is 0 Å². The zero-order chi connectivity index (χ0) is 16.8. The monoisotopic (exact) mass is 340 g/mol. The van der Waals surface area contributed by atoms with Gasteiger partial charge in [0.1, 0.15) is 5.82 Å². The molecule has 1 saturated carbocycles. The Morgan fingerprint density at radius 2 is 2.04 bits per heavy atom. The highest BCUT2D eigenvalue weighted by atomic mass is 32.2. The van der Waals surface area contributed by atoms with Gasteiger partial charge in [-0.05, 0) is 39.7 Å². The molecule has 1 aromatic carbocycles. The molecule has 1 fully saturated rings. The van der Waals surface area contributed by atoms with Crippen molar-refractivity contribution in [3.05, 3.63) is 41.3 Å². The van der Waals surface area contributed by atoms with Crippen molar-refractivity contribution in [2.75, 3.05) is 0 Å². The molecule has 2 aromatic heterocycles. The van der Waals surface area contributed by atoms with Crippen LogP contribution in [0.2, 0.25) is 0 Å². The number of rotatable bonds is 5. The summed E-state index contributed by atoms with van der Waals surface area (Å²) in [6.07, 6.45) is 2.35. The summed E-state index contributed by atoms with van der Waals surface area (Å²) in [5.74, 6) is 1.07. The Morgan fingerprint density at radius 1 is 1.29 bits per heavy atom. The molecule has 124 valence electrons. The number of nitrogens with one attached hydrogen (secondary N) is 1. The number of hydrogen-bond acceptors (Lipinski definition) is 4. The minimum atomic E-state index is -0.205. The minimum absolute atomic E-state index is 0.137. The molecule has 0 unspecified atom stereocenters. The smallest absolute Gasteiger partial charge is 0.192 e. The number of aromatic nitrogens is 4. The first-order valence-corrected chi connectivity index (χ1v) is 9.14. The van der Waals surface area contributed by atoms with Crippen molar-refractivity contribution in [2.24, 2.45) is 0 Å². The molecule has 4 rings (SSSR count). The van der Waals surface area contributed by atoms with Gasteiger partial charge in [0.25, 0.3) is 0 Å². The number of aromatic amines is 1.